The van der Waals surface area contributed by atoms with Gasteiger partial charge in [-0.2, -0.15) is 11.8 Å². The van der Waals surface area contributed by atoms with Gasteiger partial charge in [0.2, 0.25) is 0 Å². The molecule has 1 N–H and O–H groups in total. The van der Waals surface area contributed by atoms with Gasteiger partial charge in [-0.25, -0.2) is 14.8 Å². The summed E-state index contributed by atoms with van der Waals surface area (Å²) in [5, 5.41) is 9.85. The van der Waals surface area contributed by atoms with Crippen LogP contribution in [0.2, 0.25) is 0 Å². The number of rotatable bonds is 5. The summed E-state index contributed by atoms with van der Waals surface area (Å²) >= 11 is 1.90. The molecule has 1 aliphatic carbocycles. The maximum absolute atomic E-state index is 11.1. The van der Waals surface area contributed by atoms with Crippen LogP contribution in [0.15, 0.2) is 6.20 Å². The standard InChI is InChI=1S/C14H20N2O2S/c1-9(2)13-11(14(17)18)7-15-12(16-13)8-19-10-5-3-4-6-10/h7,9-10H,3-6,8H2,1-2H3,(H,17,18). The number of carbonyl (C=O) groups is 1. The molecule has 4 nitrogen and oxygen atoms in total. The Kier molecular flexibility index (Phi) is 4.80. The Balaban J connectivity index is 2.08. The van der Waals surface area contributed by atoms with Crippen LogP contribution in [-0.2, 0) is 5.75 Å². The molecule has 0 radical (unpaired) electrons. The summed E-state index contributed by atoms with van der Waals surface area (Å²) in [5.41, 5.74) is 0.870. The van der Waals surface area contributed by atoms with Crippen molar-refractivity contribution in [2.75, 3.05) is 0 Å². The van der Waals surface area contributed by atoms with Gasteiger partial charge >= 0.3 is 5.97 Å². The number of hydrogen-bond acceptors (Lipinski definition) is 4. The van der Waals surface area contributed by atoms with Crippen molar-refractivity contribution in [1.29, 1.82) is 0 Å². The Morgan fingerprint density at radius 3 is 2.74 bits per heavy atom. The minimum atomic E-state index is -0.946. The van der Waals surface area contributed by atoms with Gasteiger partial charge in [0.25, 0.3) is 0 Å². The van der Waals surface area contributed by atoms with E-state index in [-0.39, 0.29) is 11.5 Å². The van der Waals surface area contributed by atoms with Crippen LogP contribution in [0.25, 0.3) is 0 Å². The molecule has 1 aromatic rings. The van der Waals surface area contributed by atoms with E-state index in [1.165, 1.54) is 31.9 Å². The highest BCUT2D eigenvalue weighted by atomic mass is 32.2. The minimum Gasteiger partial charge on any atom is -0.478 e. The average molecular weight is 280 g/mol. The molecule has 0 saturated heterocycles. The molecule has 2 rings (SSSR count). The molecule has 0 unspecified atom stereocenters. The number of aromatic nitrogens is 2. The van der Waals surface area contributed by atoms with Gasteiger partial charge in [0, 0.05) is 11.4 Å². The van der Waals surface area contributed by atoms with Gasteiger partial charge in [-0.05, 0) is 18.8 Å². The first-order chi connectivity index (χ1) is 9.08. The lowest BCUT2D eigenvalue weighted by atomic mass is 10.1. The Bertz CT molecular complexity index is 457. The molecule has 0 bridgehead atoms. The first kappa shape index (κ1) is 14.3. The quantitative estimate of drug-likeness (QED) is 0.894. The highest BCUT2D eigenvalue weighted by Gasteiger charge is 2.18. The molecule has 104 valence electrons. The molecule has 1 fully saturated rings. The topological polar surface area (TPSA) is 63.1 Å². The van der Waals surface area contributed by atoms with Crippen LogP contribution in [0.1, 0.15) is 67.3 Å². The lowest BCUT2D eigenvalue weighted by molar-refractivity contribution is 0.0694. The lowest BCUT2D eigenvalue weighted by Gasteiger charge is -2.11. The van der Waals surface area contributed by atoms with Crippen LogP contribution in [-0.4, -0.2) is 26.3 Å². The van der Waals surface area contributed by atoms with Gasteiger partial charge in [-0.3, -0.25) is 0 Å². The summed E-state index contributed by atoms with van der Waals surface area (Å²) in [4.78, 5) is 19.8. The van der Waals surface area contributed by atoms with Gasteiger partial charge in [-0.15, -0.1) is 0 Å². The van der Waals surface area contributed by atoms with Crippen molar-refractivity contribution in [3.63, 3.8) is 0 Å². The Morgan fingerprint density at radius 1 is 1.47 bits per heavy atom. The molecule has 1 heterocycles. The second-order valence-corrected chi connectivity index (χ2v) is 6.55. The SMILES string of the molecule is CC(C)c1nc(CSC2CCCC2)ncc1C(=O)O. The van der Waals surface area contributed by atoms with Crippen molar-refractivity contribution < 1.29 is 9.90 Å². The average Bonchev–Trinajstić information content (AvgIpc) is 2.88. The monoisotopic (exact) mass is 280 g/mol. The van der Waals surface area contributed by atoms with Crippen molar-refractivity contribution in [2.24, 2.45) is 0 Å². The number of carboxylic acids is 1. The van der Waals surface area contributed by atoms with E-state index in [4.69, 9.17) is 5.11 Å². The summed E-state index contributed by atoms with van der Waals surface area (Å²) < 4.78 is 0. The van der Waals surface area contributed by atoms with Crippen LogP contribution in [0, 0.1) is 0 Å². The van der Waals surface area contributed by atoms with Gasteiger partial charge in [0.1, 0.15) is 5.82 Å². The molecule has 5 heteroatoms. The molecule has 0 amide bonds. The van der Waals surface area contributed by atoms with Crippen LogP contribution < -0.4 is 0 Å². The molecule has 0 spiro atoms. The third-order valence-corrected chi connectivity index (χ3v) is 4.76. The summed E-state index contributed by atoms with van der Waals surface area (Å²) in [6.07, 6.45) is 6.68. The second-order valence-electron chi connectivity index (χ2n) is 5.26. The number of aromatic carboxylic acids is 1. The maximum atomic E-state index is 11.1. The van der Waals surface area contributed by atoms with E-state index in [0.717, 1.165) is 16.8 Å². The second kappa shape index (κ2) is 6.37. The van der Waals surface area contributed by atoms with Crippen LogP contribution in [0.4, 0.5) is 0 Å². The van der Waals surface area contributed by atoms with E-state index in [2.05, 4.69) is 9.97 Å². The smallest absolute Gasteiger partial charge is 0.339 e. The first-order valence-corrected chi connectivity index (χ1v) is 7.83. The fourth-order valence-corrected chi connectivity index (χ4v) is 3.55. The van der Waals surface area contributed by atoms with Crippen molar-refractivity contribution in [2.45, 2.75) is 56.5 Å². The highest BCUT2D eigenvalue weighted by molar-refractivity contribution is 7.99. The van der Waals surface area contributed by atoms with E-state index >= 15 is 0 Å². The third kappa shape index (κ3) is 3.69. The van der Waals surface area contributed by atoms with Crippen LogP contribution in [0.3, 0.4) is 0 Å². The van der Waals surface area contributed by atoms with Gasteiger partial charge < -0.3 is 5.11 Å². The van der Waals surface area contributed by atoms with Gasteiger partial charge in [0.05, 0.1) is 17.0 Å². The molecule has 0 aromatic carbocycles. The van der Waals surface area contributed by atoms with Gasteiger partial charge in [0.15, 0.2) is 0 Å². The predicted octanol–water partition coefficient (Wildman–Crippen LogP) is 3.47. The number of nitrogens with zero attached hydrogens (tertiary/aromatic N) is 2. The van der Waals surface area contributed by atoms with E-state index < -0.39 is 5.97 Å². The highest BCUT2D eigenvalue weighted by Crippen LogP contribution is 2.31. The van der Waals surface area contributed by atoms with Crippen molar-refractivity contribution in [1.82, 2.24) is 9.97 Å². The third-order valence-electron chi connectivity index (χ3n) is 3.40. The molecule has 0 aliphatic heterocycles. The fourth-order valence-electron chi connectivity index (χ4n) is 2.36. The normalized spacial score (nSPS) is 16.2. The summed E-state index contributed by atoms with van der Waals surface area (Å²) in [7, 11) is 0. The van der Waals surface area contributed by atoms with E-state index in [1.54, 1.807) is 0 Å². The molecule has 1 aliphatic rings. The van der Waals surface area contributed by atoms with E-state index in [1.807, 2.05) is 25.6 Å². The molecular formula is C14H20N2O2S. The number of hydrogen-bond donors (Lipinski definition) is 1. The van der Waals surface area contributed by atoms with E-state index in [0.29, 0.717) is 5.69 Å². The van der Waals surface area contributed by atoms with Gasteiger partial charge in [-0.1, -0.05) is 26.7 Å². The largest absolute Gasteiger partial charge is 0.478 e. The molecule has 1 aromatic heterocycles. The zero-order valence-corrected chi connectivity index (χ0v) is 12.2. The summed E-state index contributed by atoms with van der Waals surface area (Å²) in [5.74, 6) is 0.693. The first-order valence-electron chi connectivity index (χ1n) is 6.78. The lowest BCUT2D eigenvalue weighted by Crippen LogP contribution is -2.10. The van der Waals surface area contributed by atoms with Crippen LogP contribution >= 0.6 is 11.8 Å². The predicted molar refractivity (Wildman–Crippen MR) is 76.6 cm³/mol. The fraction of sp³-hybridized carbons (Fsp3) is 0.643. The Morgan fingerprint density at radius 2 is 2.16 bits per heavy atom. The molecule has 0 atom stereocenters. The van der Waals surface area contributed by atoms with Crippen LogP contribution in [0.5, 0.6) is 0 Å². The Hall–Kier alpha value is -1.10. The van der Waals surface area contributed by atoms with Crippen molar-refractivity contribution in [3.8, 4) is 0 Å². The zero-order valence-electron chi connectivity index (χ0n) is 11.4. The zero-order chi connectivity index (χ0) is 13.8. The Labute approximate surface area is 118 Å². The van der Waals surface area contributed by atoms with E-state index in [9.17, 15) is 4.79 Å². The summed E-state index contributed by atoms with van der Waals surface area (Å²) in [6, 6.07) is 0. The summed E-state index contributed by atoms with van der Waals surface area (Å²) in [6.45, 7) is 3.92. The number of carboxylic acid groups (broad SMARTS) is 1. The molecule has 19 heavy (non-hydrogen) atoms. The minimum absolute atomic E-state index is 0.101. The molecule has 1 saturated carbocycles. The molecular weight excluding hydrogens is 260 g/mol. The number of thioether (sulfide) groups is 1. The maximum Gasteiger partial charge on any atom is 0.339 e. The van der Waals surface area contributed by atoms with Crippen molar-refractivity contribution >= 4 is 17.7 Å². The van der Waals surface area contributed by atoms with Crippen molar-refractivity contribution in [3.05, 3.63) is 23.3 Å².